The SMILES string of the molecule is CCCCNC(=O)CCOCCOCCNC(=O)Cn1c(=O)n(-c2ccc(C[C@H](NC(=O)[C@H]3N(S(=O)(=O)c4cccnc4)CSC3(C)C)C(=O)O)cc2)c2ncccc21.COCCOCCCNC(=O)CCOCCOCCNC(=O)Cn1c(=O)n(-c2ccc(C[C@H](NC(=O)[C@H]3N(S(=O)(=O)c4cccnc4)CSC3(C)C)C(=O)O)cc2)c2ncccc21. The van der Waals surface area contributed by atoms with Crippen LogP contribution in [0.15, 0.2) is 154 Å². The van der Waals surface area contributed by atoms with E-state index in [1.54, 1.807) is 108 Å². The molecule has 10 rings (SSSR count). The Hall–Kier alpha value is -10.4. The number of unbranched alkanes of at least 4 members (excludes halogenated alkanes) is 1. The van der Waals surface area contributed by atoms with E-state index in [1.165, 1.54) is 103 Å². The summed E-state index contributed by atoms with van der Waals surface area (Å²) in [6, 6.07) is 20.0. The number of benzene rings is 2. The molecule has 0 aliphatic carbocycles. The lowest BCUT2D eigenvalue weighted by Crippen LogP contribution is -2.56. The number of sulfonamides is 2. The van der Waals surface area contributed by atoms with Crippen LogP contribution in [-0.2, 0) is 113 Å². The van der Waals surface area contributed by atoms with Crippen LogP contribution < -0.4 is 43.3 Å². The zero-order chi connectivity index (χ0) is 88.0. The molecule has 122 heavy (non-hydrogen) atoms. The number of pyridine rings is 4. The van der Waals surface area contributed by atoms with Gasteiger partial charge in [-0.05, 0) is 124 Å². The molecule has 8 N–H and O–H groups in total. The quantitative estimate of drug-likeness (QED) is 0.0254. The fourth-order valence-electron chi connectivity index (χ4n) is 13.0. The van der Waals surface area contributed by atoms with E-state index in [2.05, 4.69) is 58.8 Å². The zero-order valence-electron chi connectivity index (χ0n) is 68.6. The number of aromatic nitrogens is 8. The van der Waals surface area contributed by atoms with Crippen LogP contribution in [0.1, 0.15) is 77.8 Å². The molecule has 2 saturated heterocycles. The van der Waals surface area contributed by atoms with Gasteiger partial charge in [0.05, 0.1) is 100 Å². The molecular weight excluding hydrogens is 1670 g/mol. The van der Waals surface area contributed by atoms with Crippen LogP contribution in [0.5, 0.6) is 0 Å². The van der Waals surface area contributed by atoms with Crippen molar-refractivity contribution in [3.63, 3.8) is 0 Å². The maximum absolute atomic E-state index is 13.8. The minimum absolute atomic E-state index is 0.00773. The molecule has 38 nitrogen and oxygen atoms in total. The summed E-state index contributed by atoms with van der Waals surface area (Å²) in [7, 11) is -6.64. The number of carbonyl (C=O) groups excluding carboxylic acids is 6. The van der Waals surface area contributed by atoms with Crippen molar-refractivity contribution in [3.05, 3.63) is 166 Å². The van der Waals surface area contributed by atoms with E-state index >= 15 is 0 Å². The summed E-state index contributed by atoms with van der Waals surface area (Å²) in [6.45, 7) is 13.6. The molecule has 2 fully saturated rings. The number of methoxy groups -OCH3 is 1. The molecular formula is C80H104N16O22S4. The average Bonchev–Trinajstić information content (AvgIpc) is 1.61. The van der Waals surface area contributed by atoms with Crippen LogP contribution in [0.2, 0.25) is 0 Å². The molecule has 42 heteroatoms. The van der Waals surface area contributed by atoms with Gasteiger partial charge in [-0.1, -0.05) is 37.6 Å². The van der Waals surface area contributed by atoms with Gasteiger partial charge in [-0.15, -0.1) is 23.5 Å². The predicted octanol–water partition coefficient (Wildman–Crippen LogP) is 2.64. The number of imidazole rings is 2. The standard InChI is InChI=1S/C41H54N8O12S2.C39H50N8O10S2/c1-41(2)36(48(28-62-41)63(56,57)31-7-4-14-42-26-31)38(52)46-32(39(53)54)25-29-9-11-30(12-10-29)49-37-33(8-5-15-45-37)47(40(49)55)27-35(51)44-17-20-61-24-23-60-19-13-34(50)43-16-6-18-59-22-21-58-3;1-4-5-16-41-32(48)14-19-56-21-22-57-20-18-42-33(49)25-45-31-9-7-17-43-35(31)47(38(45)53)28-12-10-27(11-13-28)23-30(37(51)52)44-36(50)34-39(2,3)58-26-46(34)59(54,55)29-8-6-15-40-24-29/h4-5,7-12,14-15,26,32,36H,6,13,16-25,27-28H2,1-3H3,(H,43,50)(H,44,51)(H,46,52)(H,53,54);6-13,15,17,24,30,34H,4-5,14,16,18-23,25-26H2,1-3H3,(H,41,48)(H,42,49)(H,44,50)(H,51,52)/t32-,36+;30-,34+/m00/s1. The lowest BCUT2D eigenvalue weighted by molar-refractivity contribution is -0.142. The number of carbonyl (C=O) groups is 8. The lowest BCUT2D eigenvalue weighted by Gasteiger charge is -2.30. The van der Waals surface area contributed by atoms with Gasteiger partial charge < -0.3 is 70.5 Å². The van der Waals surface area contributed by atoms with Gasteiger partial charge in [0, 0.05) is 112 Å². The molecule has 6 aromatic heterocycles. The average molecular weight is 1770 g/mol. The van der Waals surface area contributed by atoms with E-state index in [-0.39, 0.29) is 131 Å². The number of nitrogens with zero attached hydrogens (tertiary/aromatic N) is 10. The number of thioether (sulfide) groups is 2. The molecule has 0 saturated carbocycles. The number of hydrogen-bond donors (Lipinski definition) is 8. The van der Waals surface area contributed by atoms with E-state index in [1.807, 2.05) is 0 Å². The number of ether oxygens (including phenoxy) is 6. The molecule has 660 valence electrons. The normalized spacial score (nSPS) is 15.7. The van der Waals surface area contributed by atoms with Gasteiger partial charge in [0.15, 0.2) is 11.3 Å². The number of hydrogen-bond acceptors (Lipinski definition) is 26. The third-order valence-corrected chi connectivity index (χ3v) is 26.0. The Labute approximate surface area is 713 Å². The van der Waals surface area contributed by atoms with E-state index < -0.39 is 101 Å². The molecule has 6 amide bonds. The van der Waals surface area contributed by atoms with Gasteiger partial charge in [0.2, 0.25) is 55.5 Å². The number of carboxylic acids is 2. The summed E-state index contributed by atoms with van der Waals surface area (Å²) in [6.07, 6.45) is 11.2. The van der Waals surface area contributed by atoms with Gasteiger partial charge in [-0.3, -0.25) is 47.9 Å². The Bertz CT molecular complexity index is 5220. The summed E-state index contributed by atoms with van der Waals surface area (Å²) in [5.74, 6) is -5.17. The molecule has 8 aromatic rings. The number of nitrogens with one attached hydrogen (secondary N) is 6. The highest BCUT2D eigenvalue weighted by molar-refractivity contribution is 8.02. The fourth-order valence-corrected chi connectivity index (χ4v) is 19.3. The van der Waals surface area contributed by atoms with Crippen LogP contribution in [-0.4, -0.2) is 273 Å². The highest BCUT2D eigenvalue weighted by Crippen LogP contribution is 2.44. The van der Waals surface area contributed by atoms with Crippen molar-refractivity contribution in [2.24, 2.45) is 0 Å². The molecule has 0 bridgehead atoms. The van der Waals surface area contributed by atoms with Crippen LogP contribution in [0.25, 0.3) is 33.7 Å². The number of aliphatic carboxylic acids is 2. The summed E-state index contributed by atoms with van der Waals surface area (Å²) in [4.78, 5) is 146. The molecule has 2 aromatic carbocycles. The second kappa shape index (κ2) is 46.2. The van der Waals surface area contributed by atoms with Gasteiger partial charge in [-0.2, -0.15) is 8.61 Å². The molecule has 0 spiro atoms. The van der Waals surface area contributed by atoms with Crippen LogP contribution in [0.3, 0.4) is 0 Å². The number of fused-ring (bicyclic) bond motifs is 2. The van der Waals surface area contributed by atoms with Crippen molar-refractivity contribution in [1.82, 2.24) is 78.7 Å². The molecule has 8 heterocycles. The van der Waals surface area contributed by atoms with Crippen molar-refractivity contribution in [3.8, 4) is 11.4 Å². The van der Waals surface area contributed by atoms with Crippen molar-refractivity contribution >= 4 is 113 Å². The third-order valence-electron chi connectivity index (χ3n) is 19.4. The number of amides is 6. The Morgan fingerprint density at radius 1 is 0.484 bits per heavy atom. The second-order valence-corrected chi connectivity index (χ2v) is 36.0. The highest BCUT2D eigenvalue weighted by atomic mass is 32.2. The van der Waals surface area contributed by atoms with Crippen molar-refractivity contribution in [1.29, 1.82) is 0 Å². The Morgan fingerprint density at radius 3 is 1.25 bits per heavy atom. The molecule has 2 aliphatic heterocycles. The Balaban J connectivity index is 0.000000278. The van der Waals surface area contributed by atoms with Gasteiger partial charge >= 0.3 is 23.3 Å². The third kappa shape index (κ3) is 26.3. The van der Waals surface area contributed by atoms with Gasteiger partial charge in [0.1, 0.15) is 47.0 Å². The first-order valence-electron chi connectivity index (χ1n) is 39.4. The summed E-state index contributed by atoms with van der Waals surface area (Å²) < 4.78 is 91.9. The number of rotatable bonds is 48. The predicted molar refractivity (Wildman–Crippen MR) is 451 cm³/mol. The topological polar surface area (TPSA) is 485 Å². The van der Waals surface area contributed by atoms with Crippen LogP contribution in [0, 0.1) is 0 Å². The van der Waals surface area contributed by atoms with Crippen molar-refractivity contribution < 1.29 is 93.8 Å². The van der Waals surface area contributed by atoms with Gasteiger partial charge in [0.25, 0.3) is 0 Å². The molecule has 4 atom stereocenters. The largest absolute Gasteiger partial charge is 0.480 e. The van der Waals surface area contributed by atoms with Crippen molar-refractivity contribution in [2.75, 3.05) is 118 Å². The lowest BCUT2D eigenvalue weighted by atomic mass is 10.0. The first-order chi connectivity index (χ1) is 58.5. The maximum Gasteiger partial charge on any atom is 0.335 e. The van der Waals surface area contributed by atoms with Gasteiger partial charge in [-0.25, -0.2) is 55.1 Å². The minimum Gasteiger partial charge on any atom is -0.480 e. The molecule has 0 unspecified atom stereocenters. The van der Waals surface area contributed by atoms with Crippen molar-refractivity contribution in [2.45, 2.75) is 136 Å². The first kappa shape index (κ1) is 95.5. The molecule has 2 aliphatic rings. The minimum atomic E-state index is -4.13. The first-order valence-corrected chi connectivity index (χ1v) is 44.3. The van der Waals surface area contributed by atoms with E-state index in [0.29, 0.717) is 90.8 Å². The fraction of sp³-hybridized carbons (Fsp3) is 0.475. The van der Waals surface area contributed by atoms with Crippen LogP contribution >= 0.6 is 23.5 Å². The zero-order valence-corrected chi connectivity index (χ0v) is 71.8. The second-order valence-electron chi connectivity index (χ2n) is 29.0. The van der Waals surface area contributed by atoms with Crippen LogP contribution in [0.4, 0.5) is 0 Å². The maximum atomic E-state index is 13.8. The highest BCUT2D eigenvalue weighted by Gasteiger charge is 2.53. The summed E-state index contributed by atoms with van der Waals surface area (Å²) >= 11 is 2.53. The smallest absolute Gasteiger partial charge is 0.335 e. The molecule has 0 radical (unpaired) electrons. The van der Waals surface area contributed by atoms with E-state index in [0.717, 1.165) is 21.5 Å². The monoisotopic (exact) mass is 1770 g/mol. The van der Waals surface area contributed by atoms with E-state index in [4.69, 9.17) is 28.4 Å². The van der Waals surface area contributed by atoms with E-state index in [9.17, 15) is 75.0 Å². The summed E-state index contributed by atoms with van der Waals surface area (Å²) in [5, 5.41) is 36.5. The Morgan fingerprint density at radius 2 is 0.861 bits per heavy atom. The Kier molecular flexibility index (Phi) is 36.1. The summed E-state index contributed by atoms with van der Waals surface area (Å²) in [5.41, 5.74) is 2.23. The number of carboxylic acid groups (broad SMARTS) is 2.